The van der Waals surface area contributed by atoms with Crippen LogP contribution in [-0.2, 0) is 14.3 Å². The number of hydrogen-bond donors (Lipinski definition) is 1. The van der Waals surface area contributed by atoms with Gasteiger partial charge in [0.1, 0.15) is 6.61 Å². The van der Waals surface area contributed by atoms with Crippen molar-refractivity contribution in [1.29, 1.82) is 0 Å². The predicted octanol–water partition coefficient (Wildman–Crippen LogP) is 1.46. The van der Waals surface area contributed by atoms with Gasteiger partial charge >= 0.3 is 11.9 Å². The van der Waals surface area contributed by atoms with Crippen molar-refractivity contribution in [3.63, 3.8) is 0 Å². The number of hydrogen-bond acceptors (Lipinski definition) is 4. The van der Waals surface area contributed by atoms with Crippen molar-refractivity contribution in [3.05, 3.63) is 23.3 Å². The molecule has 0 fully saturated rings. The number of likely N-dealkylation sites (N-methyl/N-ethyl adjacent to an activating group) is 1. The lowest BCUT2D eigenvalue weighted by Gasteiger charge is -2.21. The Labute approximate surface area is 108 Å². The lowest BCUT2D eigenvalue weighted by Crippen LogP contribution is -2.32. The summed E-state index contributed by atoms with van der Waals surface area (Å²) in [6.07, 6.45) is 3.24. The molecule has 18 heavy (non-hydrogen) atoms. The van der Waals surface area contributed by atoms with E-state index in [1.807, 2.05) is 0 Å². The minimum absolute atomic E-state index is 0.127. The van der Waals surface area contributed by atoms with E-state index in [1.54, 1.807) is 45.0 Å². The average molecular weight is 255 g/mol. The molecule has 0 saturated carbocycles. The Morgan fingerprint density at radius 1 is 1.28 bits per heavy atom. The van der Waals surface area contributed by atoms with E-state index in [1.165, 1.54) is 6.92 Å². The Morgan fingerprint density at radius 2 is 1.83 bits per heavy atom. The molecule has 0 bridgehead atoms. The summed E-state index contributed by atoms with van der Waals surface area (Å²) in [4.78, 5) is 24.0. The Morgan fingerprint density at radius 3 is 2.22 bits per heavy atom. The van der Waals surface area contributed by atoms with Crippen molar-refractivity contribution in [2.45, 2.75) is 26.8 Å². The molecule has 0 aromatic rings. The minimum atomic E-state index is -0.974. The minimum Gasteiger partial charge on any atom is -0.478 e. The molecule has 1 N–H and O–H groups in total. The van der Waals surface area contributed by atoms with E-state index in [-0.39, 0.29) is 24.2 Å². The van der Waals surface area contributed by atoms with Gasteiger partial charge in [-0.2, -0.15) is 0 Å². The predicted molar refractivity (Wildman–Crippen MR) is 69.3 cm³/mol. The number of carboxylic acid groups (broad SMARTS) is 1. The van der Waals surface area contributed by atoms with Gasteiger partial charge in [-0.1, -0.05) is 12.2 Å². The molecule has 0 saturated heterocycles. The first kappa shape index (κ1) is 16.4. The summed E-state index contributed by atoms with van der Waals surface area (Å²) in [7, 11) is 3.60. The van der Waals surface area contributed by atoms with Crippen LogP contribution in [0.2, 0.25) is 0 Å². The zero-order chi connectivity index (χ0) is 14.3. The molecule has 0 aromatic carbocycles. The molecule has 5 heteroatoms. The fourth-order valence-electron chi connectivity index (χ4n) is 1.10. The Hall–Kier alpha value is -1.62. The number of carboxylic acids is 1. The van der Waals surface area contributed by atoms with E-state index < -0.39 is 5.97 Å². The van der Waals surface area contributed by atoms with E-state index in [9.17, 15) is 9.59 Å². The van der Waals surface area contributed by atoms with Crippen LogP contribution in [0.15, 0.2) is 23.3 Å². The largest absolute Gasteiger partial charge is 0.478 e. The molecule has 102 valence electrons. The number of carbonyl (C=O) groups excluding carboxylic acids is 1. The molecule has 0 aliphatic rings. The van der Waals surface area contributed by atoms with E-state index in [4.69, 9.17) is 9.84 Å². The normalized spacial score (nSPS) is 14.6. The number of nitrogens with zero attached hydrogens (tertiary/aromatic N) is 1. The van der Waals surface area contributed by atoms with Gasteiger partial charge in [0.25, 0.3) is 0 Å². The number of allylic oxidation sites excluding steroid dienone is 1. The summed E-state index contributed by atoms with van der Waals surface area (Å²) in [5.41, 5.74) is 0.763. The monoisotopic (exact) mass is 255 g/mol. The molecule has 0 aliphatic heterocycles. The molecule has 0 radical (unpaired) electrons. The molecule has 1 atom stereocenters. The van der Waals surface area contributed by atoms with Gasteiger partial charge in [-0.3, -0.25) is 4.90 Å². The fraction of sp³-hybridized carbons (Fsp3) is 0.538. The molecule has 0 aliphatic carbocycles. The van der Waals surface area contributed by atoms with Crippen LogP contribution in [0.3, 0.4) is 0 Å². The van der Waals surface area contributed by atoms with Crippen LogP contribution < -0.4 is 0 Å². The van der Waals surface area contributed by atoms with Crippen LogP contribution >= 0.6 is 0 Å². The maximum absolute atomic E-state index is 11.5. The first-order chi connectivity index (χ1) is 8.29. The van der Waals surface area contributed by atoms with E-state index in [2.05, 4.69) is 0 Å². The fourth-order valence-corrected chi connectivity index (χ4v) is 1.10. The van der Waals surface area contributed by atoms with Gasteiger partial charge in [0.15, 0.2) is 0 Å². The maximum Gasteiger partial charge on any atom is 0.333 e. The van der Waals surface area contributed by atoms with Gasteiger partial charge in [0, 0.05) is 11.1 Å². The summed E-state index contributed by atoms with van der Waals surface area (Å²) in [6, 6.07) is -0.255. The van der Waals surface area contributed by atoms with Crippen molar-refractivity contribution in [1.82, 2.24) is 4.90 Å². The second-order valence-electron chi connectivity index (χ2n) is 4.26. The molecule has 1 unspecified atom stereocenters. The second kappa shape index (κ2) is 7.66. The molecular weight excluding hydrogens is 234 g/mol. The molecule has 0 spiro atoms. The molecule has 0 amide bonds. The summed E-state index contributed by atoms with van der Waals surface area (Å²) in [5.74, 6) is -1.36. The third kappa shape index (κ3) is 5.63. The van der Waals surface area contributed by atoms with Crippen molar-refractivity contribution >= 4 is 11.9 Å². The molecule has 0 rings (SSSR count). The molecular formula is C13H21NO4. The summed E-state index contributed by atoms with van der Waals surface area (Å²) in [6.45, 7) is 5.07. The quantitative estimate of drug-likeness (QED) is 0.575. The van der Waals surface area contributed by atoms with Crippen LogP contribution in [0.5, 0.6) is 0 Å². The Balaban J connectivity index is 4.62. The van der Waals surface area contributed by atoms with E-state index in [0.29, 0.717) is 5.57 Å². The summed E-state index contributed by atoms with van der Waals surface area (Å²) < 4.78 is 5.11. The average Bonchev–Trinajstić information content (AvgIpc) is 2.31. The Bertz CT molecular complexity index is 369. The summed E-state index contributed by atoms with van der Waals surface area (Å²) in [5, 5.41) is 8.81. The first-order valence-electron chi connectivity index (χ1n) is 5.67. The van der Waals surface area contributed by atoms with Crippen LogP contribution in [0, 0.1) is 0 Å². The van der Waals surface area contributed by atoms with Crippen LogP contribution in [0.1, 0.15) is 20.8 Å². The van der Waals surface area contributed by atoms with Crippen molar-refractivity contribution in [2.24, 2.45) is 0 Å². The topological polar surface area (TPSA) is 66.8 Å². The highest BCUT2D eigenvalue weighted by Crippen LogP contribution is 2.05. The highest BCUT2D eigenvalue weighted by molar-refractivity contribution is 5.87. The van der Waals surface area contributed by atoms with Gasteiger partial charge in [0.2, 0.25) is 0 Å². The standard InChI is InChI=1S/C13H21NO4/c1-6-9(2)13(17)18-8-11(14(4)5)7-10(3)12(15)16/h6-7,11H,8H2,1-5H3,(H,15,16). The molecule has 0 aromatic heterocycles. The second-order valence-corrected chi connectivity index (χ2v) is 4.26. The highest BCUT2D eigenvalue weighted by Gasteiger charge is 2.14. The van der Waals surface area contributed by atoms with Gasteiger partial charge in [0.05, 0.1) is 6.04 Å². The van der Waals surface area contributed by atoms with Crippen molar-refractivity contribution in [2.75, 3.05) is 20.7 Å². The third-order valence-corrected chi connectivity index (χ3v) is 2.58. The zero-order valence-electron chi connectivity index (χ0n) is 11.6. The SMILES string of the molecule is CC=C(C)C(=O)OCC(C=C(C)C(=O)O)N(C)C. The maximum atomic E-state index is 11.5. The number of ether oxygens (including phenoxy) is 1. The zero-order valence-corrected chi connectivity index (χ0v) is 11.6. The number of esters is 1. The van der Waals surface area contributed by atoms with E-state index >= 15 is 0 Å². The number of rotatable bonds is 6. The third-order valence-electron chi connectivity index (χ3n) is 2.58. The highest BCUT2D eigenvalue weighted by atomic mass is 16.5. The van der Waals surface area contributed by atoms with Gasteiger partial charge in [-0.05, 0) is 34.9 Å². The Kier molecular flexibility index (Phi) is 6.97. The lowest BCUT2D eigenvalue weighted by atomic mass is 10.2. The van der Waals surface area contributed by atoms with Gasteiger partial charge in [-0.25, -0.2) is 9.59 Å². The summed E-state index contributed by atoms with van der Waals surface area (Å²) >= 11 is 0. The van der Waals surface area contributed by atoms with Crippen LogP contribution in [0.25, 0.3) is 0 Å². The molecule has 0 heterocycles. The van der Waals surface area contributed by atoms with Crippen molar-refractivity contribution in [3.8, 4) is 0 Å². The van der Waals surface area contributed by atoms with Gasteiger partial charge < -0.3 is 9.84 Å². The number of carbonyl (C=O) groups is 2. The number of aliphatic carboxylic acids is 1. The first-order valence-corrected chi connectivity index (χ1v) is 5.67. The van der Waals surface area contributed by atoms with Gasteiger partial charge in [-0.15, -0.1) is 0 Å². The van der Waals surface area contributed by atoms with Crippen LogP contribution in [0.4, 0.5) is 0 Å². The smallest absolute Gasteiger partial charge is 0.333 e. The molecule has 5 nitrogen and oxygen atoms in total. The van der Waals surface area contributed by atoms with E-state index in [0.717, 1.165) is 0 Å². The van der Waals surface area contributed by atoms with Crippen molar-refractivity contribution < 1.29 is 19.4 Å². The van der Waals surface area contributed by atoms with Crippen LogP contribution in [-0.4, -0.2) is 48.7 Å². The lowest BCUT2D eigenvalue weighted by molar-refractivity contribution is -0.140.